The zero-order valence-electron chi connectivity index (χ0n) is 62.1. The fraction of sp³-hybridized carbons (Fsp3) is 0.653. The van der Waals surface area contributed by atoms with E-state index in [0.29, 0.717) is 35.5 Å². The van der Waals surface area contributed by atoms with Gasteiger partial charge < -0.3 is 62.1 Å². The van der Waals surface area contributed by atoms with Gasteiger partial charge in [0.05, 0.1) is 24.2 Å². The molecule has 578 valence electrons. The largest absolute Gasteiger partial charge is 0.471 e. The summed E-state index contributed by atoms with van der Waals surface area (Å²) in [6.07, 6.45) is 8.41. The number of piperidine rings is 2. The van der Waals surface area contributed by atoms with Crippen molar-refractivity contribution in [3.05, 3.63) is 60.7 Å². The van der Waals surface area contributed by atoms with Gasteiger partial charge in [0.25, 0.3) is 11.8 Å². The van der Waals surface area contributed by atoms with Gasteiger partial charge in [-0.1, -0.05) is 125 Å². The molecule has 0 spiro atoms. The van der Waals surface area contributed by atoms with Crippen molar-refractivity contribution in [2.45, 2.75) is 201 Å². The van der Waals surface area contributed by atoms with Crippen LogP contribution in [0.1, 0.15) is 138 Å². The highest BCUT2D eigenvalue weighted by atomic mass is 19.4. The predicted octanol–water partition coefficient (Wildman–Crippen LogP) is 5.68. The maximum atomic E-state index is 14.7. The third kappa shape index (κ3) is 21.0. The lowest BCUT2D eigenvalue weighted by molar-refractivity contribution is -0.184. The molecule has 2 aliphatic heterocycles. The van der Waals surface area contributed by atoms with Gasteiger partial charge in [-0.2, -0.15) is 26.3 Å². The number of hydrogen-bond donors (Lipinski definition) is 8. The first-order chi connectivity index (χ1) is 48.8. The van der Waals surface area contributed by atoms with Crippen molar-refractivity contribution in [2.75, 3.05) is 53.4 Å². The van der Waals surface area contributed by atoms with Crippen LogP contribution in [-0.2, 0) is 60.8 Å². The highest BCUT2D eigenvalue weighted by Gasteiger charge is 2.71. The van der Waals surface area contributed by atoms with Crippen LogP contribution in [0.5, 0.6) is 0 Å². The van der Waals surface area contributed by atoms with Gasteiger partial charge in [-0.05, 0) is 107 Å². The van der Waals surface area contributed by atoms with Crippen molar-refractivity contribution in [2.24, 2.45) is 57.2 Å². The molecule has 12 atom stereocenters. The summed E-state index contributed by atoms with van der Waals surface area (Å²) in [6, 6.07) is -2.60. The monoisotopic (exact) mass is 1480 g/mol. The quantitative estimate of drug-likeness (QED) is 0.0218. The Kier molecular flexibility index (Phi) is 27.9. The van der Waals surface area contributed by atoms with E-state index in [1.165, 1.54) is 22.0 Å². The number of ketones is 2. The number of rotatable bonds is 28. The molecule has 12 amide bonds. The summed E-state index contributed by atoms with van der Waals surface area (Å²) in [5, 5.41) is 21.2. The van der Waals surface area contributed by atoms with Crippen LogP contribution in [0.3, 0.4) is 0 Å². The Morgan fingerprint density at radius 3 is 1.24 bits per heavy atom. The van der Waals surface area contributed by atoms with Crippen LogP contribution in [0.2, 0.25) is 0 Å². The number of carbonyl (C=O) groups is 12. The van der Waals surface area contributed by atoms with Gasteiger partial charge in [-0.3, -0.25) is 47.9 Å². The number of fused-ring (bicyclic) bond motifs is 3. The van der Waals surface area contributed by atoms with Crippen LogP contribution in [0.4, 0.5) is 35.9 Å². The minimum atomic E-state index is -5.10. The van der Waals surface area contributed by atoms with Crippen LogP contribution in [0.25, 0.3) is 0 Å². The third-order valence-electron chi connectivity index (χ3n) is 21.8. The first kappa shape index (κ1) is 85.0. The highest BCUT2D eigenvalue weighted by Crippen LogP contribution is 2.66. The third-order valence-corrected chi connectivity index (χ3v) is 21.8. The first-order valence-corrected chi connectivity index (χ1v) is 35.6. The zero-order valence-corrected chi connectivity index (χ0v) is 62.1. The number of halogens is 6. The van der Waals surface area contributed by atoms with Gasteiger partial charge in [-0.25, -0.2) is 9.59 Å². The summed E-state index contributed by atoms with van der Waals surface area (Å²) >= 11 is 0. The van der Waals surface area contributed by atoms with Crippen LogP contribution in [-0.4, -0.2) is 205 Å². The Morgan fingerprint density at radius 2 is 0.914 bits per heavy atom. The van der Waals surface area contributed by atoms with Gasteiger partial charge in [0.15, 0.2) is 0 Å². The summed E-state index contributed by atoms with van der Waals surface area (Å²) < 4.78 is 79.0. The Bertz CT molecular complexity index is 3520. The van der Waals surface area contributed by atoms with Gasteiger partial charge in [0, 0.05) is 66.2 Å². The number of nitrogens with zero attached hydrogens (tertiary/aromatic N) is 4. The van der Waals surface area contributed by atoms with Gasteiger partial charge in [0.1, 0.15) is 24.2 Å². The molecule has 6 aliphatic rings. The number of likely N-dealkylation sites (tertiary alicyclic amines) is 2. The summed E-state index contributed by atoms with van der Waals surface area (Å²) in [5.74, 6) is -6.41. The number of urea groups is 2. The summed E-state index contributed by atoms with van der Waals surface area (Å²) in [4.78, 5) is 164. The molecule has 1 aromatic carbocycles. The molecule has 24 nitrogen and oxygen atoms in total. The Labute approximate surface area is 611 Å². The number of likely N-dealkylation sites (N-methyl/N-ethyl adjacent to an activating group) is 2. The number of nitrogens with one attached hydrogen (secondary N) is 8. The molecule has 7 rings (SSSR count). The molecule has 2 saturated heterocycles. The normalized spacial score (nSPS) is 22.3. The number of carbonyl (C=O) groups excluding carboxylic acids is 12. The molecule has 3 saturated carbocycles. The number of terminal acetylenes is 2. The number of amides is 12. The Morgan fingerprint density at radius 1 is 0.562 bits per heavy atom. The number of hydrogen-bond acceptors (Lipinski definition) is 12. The van der Waals surface area contributed by atoms with Gasteiger partial charge >= 0.3 is 36.2 Å². The molecule has 30 heteroatoms. The minimum Gasteiger partial charge on any atom is -0.346 e. The second-order valence-electron chi connectivity index (χ2n) is 31.8. The van der Waals surface area contributed by atoms with E-state index in [1.807, 2.05) is 52.0 Å². The van der Waals surface area contributed by atoms with Crippen molar-refractivity contribution in [1.82, 2.24) is 62.1 Å². The van der Waals surface area contributed by atoms with E-state index < -0.39 is 161 Å². The average molecular weight is 1480 g/mol. The van der Waals surface area contributed by atoms with Gasteiger partial charge in [0.2, 0.25) is 35.2 Å². The van der Waals surface area contributed by atoms with Crippen LogP contribution >= 0.6 is 0 Å². The lowest BCUT2D eigenvalue weighted by atomic mass is 9.83. The number of alkyl halides is 6. The summed E-state index contributed by atoms with van der Waals surface area (Å²) in [7, 11) is 2.01. The van der Waals surface area contributed by atoms with Crippen LogP contribution < -0.4 is 42.5 Å². The minimum absolute atomic E-state index is 0.00582. The molecule has 0 aromatic heterocycles. The fourth-order valence-electron chi connectivity index (χ4n) is 15.3. The van der Waals surface area contributed by atoms with Crippen molar-refractivity contribution < 1.29 is 83.9 Å². The van der Waals surface area contributed by atoms with Gasteiger partial charge in [-0.15, -0.1) is 37.8 Å². The Balaban J connectivity index is 0.000000330. The maximum Gasteiger partial charge on any atom is 0.471 e. The SMILES string of the molecule is C#CCCC(NC(=O)[C@@H]1[C@@H]2[C@H](CN1C(=O)[C@@H](NC(=O)N[C@H](CN(C)C(=O)C(F)(F)F)C(C)(C)C)C1CCCCC1)C2(C)C)C(=O)C(=O)NCC=C.C#CCCC(NC(=O)[C@@H]1[C@@H]2[C@H](CN1C(=O)[C@@H](NC(=O)N[C@H](CN(C)C(=O)C(F)(F)F)C(C)(C)C)C1Cc3ccccc3C1)C2(C)C)C(=O)C(=O)NCC=C. The second-order valence-corrected chi connectivity index (χ2v) is 31.8. The van der Waals surface area contributed by atoms with E-state index in [9.17, 15) is 83.9 Å². The number of Topliss-reactive ketones (excluding diaryl/α,β-unsaturated/α-hetero) is 2. The smallest absolute Gasteiger partial charge is 0.346 e. The molecular formula is C75H104F6N12O12. The standard InChI is InChI=1S/C39H51F3N6O6.C36H53F3N6O6/c1-9-11-16-26(31(49)33(51)43-17-10-2)44-32(50)30-28-25(38(28,6)7)20-48(30)34(52)29(24-18-22-14-12-13-15-23(22)19-24)46-36(54)45-27(37(3,4)5)21-47(8)35(53)39(40,41)42;1-9-11-17-23(28(46)30(48)40-18-10-2)41-29(47)27-25-22(35(25,6)7)19-45(27)31(49)26(21-15-13-12-14-16-21)43-33(51)42-24(34(3,4)5)20-44(8)32(50)36(37,38)39/h1,10,12-15,24-30H,2,11,16-21H2,3-8H3,(H,43,51)(H,44,50)(H2,45,46,54);1,10,21-27H,2,11-20H2,3-8H3,(H,40,48)(H,41,47)(H2,42,43,51)/t25-,26?,27+,28-,29-,30-;22-,23?,24+,25-,26-,27-/m00/s1. The van der Waals surface area contributed by atoms with Crippen molar-refractivity contribution in [3.63, 3.8) is 0 Å². The van der Waals surface area contributed by atoms with E-state index in [-0.39, 0.29) is 92.3 Å². The molecule has 0 radical (unpaired) electrons. The lowest BCUT2D eigenvalue weighted by Crippen LogP contribution is -2.62. The van der Waals surface area contributed by atoms with E-state index in [4.69, 9.17) is 12.8 Å². The molecular weight excluding hydrogens is 1370 g/mol. The molecule has 5 fully saturated rings. The Hall–Kier alpha value is -8.96. The molecule has 1 aromatic rings. The topological polar surface area (TPSA) is 314 Å². The van der Waals surface area contributed by atoms with E-state index >= 15 is 0 Å². The number of benzene rings is 1. The van der Waals surface area contributed by atoms with Crippen molar-refractivity contribution in [3.8, 4) is 24.7 Å². The lowest BCUT2D eigenvalue weighted by Gasteiger charge is -2.38. The van der Waals surface area contributed by atoms with Crippen molar-refractivity contribution in [1.29, 1.82) is 0 Å². The molecule has 2 heterocycles. The molecule has 2 unspecified atom stereocenters. The van der Waals surface area contributed by atoms with E-state index in [1.54, 1.807) is 41.5 Å². The highest BCUT2D eigenvalue weighted by molar-refractivity contribution is 6.39. The predicted molar refractivity (Wildman–Crippen MR) is 378 cm³/mol. The van der Waals surface area contributed by atoms with E-state index in [0.717, 1.165) is 44.5 Å². The molecule has 0 bridgehead atoms. The zero-order chi connectivity index (χ0) is 78.8. The second kappa shape index (κ2) is 34.5. The van der Waals surface area contributed by atoms with E-state index in [2.05, 4.69) is 67.5 Å². The summed E-state index contributed by atoms with van der Waals surface area (Å²) in [5.41, 5.74) is -0.200. The maximum absolute atomic E-state index is 14.7. The average Bonchev–Trinajstić information content (AvgIpc) is 1.53. The molecule has 4 aliphatic carbocycles. The fourth-order valence-corrected chi connectivity index (χ4v) is 15.3. The molecule has 105 heavy (non-hydrogen) atoms. The first-order valence-electron chi connectivity index (χ1n) is 35.6. The van der Waals surface area contributed by atoms with Crippen LogP contribution in [0.15, 0.2) is 49.6 Å². The molecule has 8 N–H and O–H groups in total. The van der Waals surface area contributed by atoms with Crippen molar-refractivity contribution >= 4 is 70.9 Å². The summed E-state index contributed by atoms with van der Waals surface area (Å²) in [6.45, 7) is 24.8. The van der Waals surface area contributed by atoms with Crippen LogP contribution in [0, 0.1) is 81.9 Å².